The number of aliphatic carboxylic acids is 1. The van der Waals surface area contributed by atoms with E-state index in [4.69, 9.17) is 5.11 Å². The van der Waals surface area contributed by atoms with E-state index in [1.165, 1.54) is 0 Å². The van der Waals surface area contributed by atoms with Gasteiger partial charge in [0.1, 0.15) is 0 Å². The lowest BCUT2D eigenvalue weighted by Gasteiger charge is -2.26. The molecule has 1 aliphatic heterocycles. The molecule has 4 heteroatoms. The van der Waals surface area contributed by atoms with Crippen molar-refractivity contribution in [2.75, 3.05) is 11.4 Å². The first-order valence-corrected chi connectivity index (χ1v) is 6.14. The third-order valence-corrected chi connectivity index (χ3v) is 3.90. The molecular weight excluding hydrogens is 270 g/mol. The lowest BCUT2D eigenvalue weighted by Crippen LogP contribution is -2.33. The highest BCUT2D eigenvalue weighted by atomic mass is 79.9. The molecule has 1 aliphatic rings. The van der Waals surface area contributed by atoms with E-state index in [1.807, 2.05) is 31.2 Å². The lowest BCUT2D eigenvalue weighted by atomic mass is 10.0. The number of hydrogen-bond donors (Lipinski definition) is 1. The van der Waals surface area contributed by atoms with Gasteiger partial charge in [0.2, 0.25) is 0 Å². The van der Waals surface area contributed by atoms with Crippen LogP contribution in [0, 0.1) is 5.92 Å². The fourth-order valence-electron chi connectivity index (χ4n) is 2.29. The Morgan fingerprint density at radius 2 is 2.19 bits per heavy atom. The Morgan fingerprint density at radius 3 is 2.75 bits per heavy atom. The summed E-state index contributed by atoms with van der Waals surface area (Å²) in [5, 5.41) is 9.08. The monoisotopic (exact) mass is 283 g/mol. The predicted octanol–water partition coefficient (Wildman–Crippen LogP) is 2.75. The van der Waals surface area contributed by atoms with Gasteiger partial charge in [-0.2, -0.15) is 0 Å². The summed E-state index contributed by atoms with van der Waals surface area (Å²) in [6.45, 7) is 2.78. The van der Waals surface area contributed by atoms with Gasteiger partial charge in [0, 0.05) is 17.1 Å². The number of hydrogen-bond acceptors (Lipinski definition) is 2. The van der Waals surface area contributed by atoms with Gasteiger partial charge in [-0.3, -0.25) is 4.79 Å². The molecule has 3 nitrogen and oxygen atoms in total. The summed E-state index contributed by atoms with van der Waals surface area (Å²) >= 11 is 3.50. The first-order chi connectivity index (χ1) is 7.61. The second-order valence-electron chi connectivity index (χ2n) is 4.12. The summed E-state index contributed by atoms with van der Waals surface area (Å²) in [6, 6.07) is 7.99. The highest BCUT2D eigenvalue weighted by Crippen LogP contribution is 2.34. The summed E-state index contributed by atoms with van der Waals surface area (Å²) in [5.74, 6) is -0.950. The molecule has 0 bridgehead atoms. The smallest absolute Gasteiger partial charge is 0.308 e. The third kappa shape index (κ3) is 1.94. The molecular formula is C12H14BrNO2. The first-order valence-electron chi connectivity index (χ1n) is 5.35. The number of carboxylic acids is 1. The van der Waals surface area contributed by atoms with Crippen LogP contribution in [-0.4, -0.2) is 23.7 Å². The molecule has 2 atom stereocenters. The van der Waals surface area contributed by atoms with E-state index in [2.05, 4.69) is 20.8 Å². The summed E-state index contributed by atoms with van der Waals surface area (Å²) < 4.78 is 1.02. The summed E-state index contributed by atoms with van der Waals surface area (Å²) in [7, 11) is 0. The zero-order valence-electron chi connectivity index (χ0n) is 9.06. The van der Waals surface area contributed by atoms with Gasteiger partial charge >= 0.3 is 5.97 Å². The Morgan fingerprint density at radius 1 is 1.50 bits per heavy atom. The second-order valence-corrected chi connectivity index (χ2v) is 4.97. The topological polar surface area (TPSA) is 40.5 Å². The van der Waals surface area contributed by atoms with Crippen LogP contribution in [0.5, 0.6) is 0 Å². The van der Waals surface area contributed by atoms with Crippen molar-refractivity contribution in [2.24, 2.45) is 5.92 Å². The predicted molar refractivity (Wildman–Crippen MR) is 66.7 cm³/mol. The van der Waals surface area contributed by atoms with E-state index in [-0.39, 0.29) is 12.0 Å². The number of nitrogens with zero attached hydrogens (tertiary/aromatic N) is 1. The maximum atomic E-state index is 11.0. The molecule has 1 aromatic rings. The molecule has 0 aromatic heterocycles. The van der Waals surface area contributed by atoms with Gasteiger partial charge in [0.05, 0.1) is 11.6 Å². The SMILES string of the molecule is CC1C(C(=O)O)CCN1c1ccccc1Br. The van der Waals surface area contributed by atoms with Crippen LogP contribution in [0.2, 0.25) is 0 Å². The average Bonchev–Trinajstić information content (AvgIpc) is 2.61. The molecule has 1 heterocycles. The Labute approximate surface area is 103 Å². The maximum absolute atomic E-state index is 11.0. The van der Waals surface area contributed by atoms with Gasteiger partial charge in [0.25, 0.3) is 0 Å². The Bertz CT molecular complexity index is 408. The van der Waals surface area contributed by atoms with E-state index >= 15 is 0 Å². The molecule has 0 radical (unpaired) electrons. The van der Waals surface area contributed by atoms with Crippen molar-refractivity contribution >= 4 is 27.6 Å². The van der Waals surface area contributed by atoms with Gasteiger partial charge in [-0.15, -0.1) is 0 Å². The van der Waals surface area contributed by atoms with Crippen molar-refractivity contribution in [1.82, 2.24) is 0 Å². The molecule has 1 aromatic carbocycles. The largest absolute Gasteiger partial charge is 0.481 e. The third-order valence-electron chi connectivity index (χ3n) is 3.23. The van der Waals surface area contributed by atoms with Gasteiger partial charge in [-0.1, -0.05) is 12.1 Å². The zero-order valence-corrected chi connectivity index (χ0v) is 10.6. The average molecular weight is 284 g/mol. The molecule has 2 unspecified atom stereocenters. The molecule has 1 fully saturated rings. The van der Waals surface area contributed by atoms with E-state index < -0.39 is 5.97 Å². The van der Waals surface area contributed by atoms with E-state index in [1.54, 1.807) is 0 Å². The van der Waals surface area contributed by atoms with Crippen molar-refractivity contribution in [3.8, 4) is 0 Å². The van der Waals surface area contributed by atoms with Crippen molar-refractivity contribution in [3.05, 3.63) is 28.7 Å². The zero-order chi connectivity index (χ0) is 11.7. The Balaban J connectivity index is 2.25. The van der Waals surface area contributed by atoms with Crippen molar-refractivity contribution in [3.63, 3.8) is 0 Å². The van der Waals surface area contributed by atoms with Gasteiger partial charge in [0.15, 0.2) is 0 Å². The van der Waals surface area contributed by atoms with Crippen LogP contribution >= 0.6 is 15.9 Å². The number of benzene rings is 1. The number of para-hydroxylation sites is 1. The normalized spacial score (nSPS) is 24.8. The van der Waals surface area contributed by atoms with Crippen LogP contribution in [0.15, 0.2) is 28.7 Å². The van der Waals surface area contributed by atoms with Crippen LogP contribution in [0.4, 0.5) is 5.69 Å². The quantitative estimate of drug-likeness (QED) is 0.907. The molecule has 0 amide bonds. The standard InChI is InChI=1S/C12H14BrNO2/c1-8-9(12(15)16)6-7-14(8)11-5-3-2-4-10(11)13/h2-5,8-9H,6-7H2,1H3,(H,15,16). The van der Waals surface area contributed by atoms with Gasteiger partial charge in [-0.25, -0.2) is 0 Å². The molecule has 16 heavy (non-hydrogen) atoms. The van der Waals surface area contributed by atoms with Crippen molar-refractivity contribution in [2.45, 2.75) is 19.4 Å². The number of anilines is 1. The van der Waals surface area contributed by atoms with Crippen LogP contribution in [0.3, 0.4) is 0 Å². The highest BCUT2D eigenvalue weighted by molar-refractivity contribution is 9.10. The van der Waals surface area contributed by atoms with Gasteiger partial charge in [-0.05, 0) is 41.4 Å². The number of rotatable bonds is 2. The highest BCUT2D eigenvalue weighted by Gasteiger charge is 2.36. The number of carboxylic acid groups (broad SMARTS) is 1. The van der Waals surface area contributed by atoms with Crippen LogP contribution in [0.25, 0.3) is 0 Å². The summed E-state index contributed by atoms with van der Waals surface area (Å²) in [4.78, 5) is 13.2. The number of halogens is 1. The Hall–Kier alpha value is -1.03. The minimum absolute atomic E-state index is 0.0520. The molecule has 0 spiro atoms. The van der Waals surface area contributed by atoms with Crippen LogP contribution in [-0.2, 0) is 4.79 Å². The lowest BCUT2D eigenvalue weighted by molar-refractivity contribution is -0.141. The first kappa shape index (κ1) is 11.5. The van der Waals surface area contributed by atoms with E-state index in [9.17, 15) is 4.79 Å². The van der Waals surface area contributed by atoms with Gasteiger partial charge < -0.3 is 10.0 Å². The van der Waals surface area contributed by atoms with E-state index in [0.717, 1.165) is 23.1 Å². The molecule has 0 aliphatic carbocycles. The Kier molecular flexibility index (Phi) is 3.19. The minimum Gasteiger partial charge on any atom is -0.481 e. The summed E-state index contributed by atoms with van der Waals surface area (Å²) in [6.07, 6.45) is 0.720. The number of carbonyl (C=O) groups is 1. The molecule has 86 valence electrons. The molecule has 1 N–H and O–H groups in total. The summed E-state index contributed by atoms with van der Waals surface area (Å²) in [5.41, 5.74) is 1.08. The fraction of sp³-hybridized carbons (Fsp3) is 0.417. The molecule has 0 saturated carbocycles. The van der Waals surface area contributed by atoms with E-state index in [0.29, 0.717) is 0 Å². The second kappa shape index (κ2) is 4.45. The molecule has 2 rings (SSSR count). The molecule has 1 saturated heterocycles. The van der Waals surface area contributed by atoms with Crippen LogP contribution in [0.1, 0.15) is 13.3 Å². The van der Waals surface area contributed by atoms with Crippen molar-refractivity contribution < 1.29 is 9.90 Å². The fourth-order valence-corrected chi connectivity index (χ4v) is 2.81. The maximum Gasteiger partial charge on any atom is 0.308 e. The van der Waals surface area contributed by atoms with Crippen LogP contribution < -0.4 is 4.90 Å². The van der Waals surface area contributed by atoms with Crippen molar-refractivity contribution in [1.29, 1.82) is 0 Å². The minimum atomic E-state index is -0.693.